The second-order valence-corrected chi connectivity index (χ2v) is 10.7. The molecule has 3 saturated carbocycles. The van der Waals surface area contributed by atoms with E-state index in [-0.39, 0.29) is 16.9 Å². The van der Waals surface area contributed by atoms with Crippen LogP contribution in [0.5, 0.6) is 0 Å². The van der Waals surface area contributed by atoms with Gasteiger partial charge in [-0.1, -0.05) is 81.4 Å². The molecule has 3 aliphatic carbocycles. The van der Waals surface area contributed by atoms with E-state index in [0.29, 0.717) is 5.92 Å². The van der Waals surface area contributed by atoms with Crippen LogP contribution in [0.4, 0.5) is 0 Å². The predicted octanol–water partition coefficient (Wildman–Crippen LogP) is 7.52. The van der Waals surface area contributed by atoms with E-state index in [2.05, 4.69) is 58.3 Å². The first-order chi connectivity index (χ1) is 15.2. The lowest BCUT2D eigenvalue weighted by molar-refractivity contribution is 0.149. The van der Waals surface area contributed by atoms with Gasteiger partial charge in [-0.2, -0.15) is 0 Å². The van der Waals surface area contributed by atoms with E-state index < -0.39 is 6.10 Å². The molecule has 3 aliphatic rings. The first kappa shape index (κ1) is 26.9. The minimum atomic E-state index is -0.548. The van der Waals surface area contributed by atoms with Gasteiger partial charge in [0.25, 0.3) is 0 Å². The lowest BCUT2D eigenvalue weighted by Gasteiger charge is -2.47. The summed E-state index contributed by atoms with van der Waals surface area (Å²) >= 11 is 0. The predicted molar refractivity (Wildman–Crippen MR) is 137 cm³/mol. The van der Waals surface area contributed by atoms with Crippen molar-refractivity contribution in [3.05, 3.63) is 35.5 Å². The summed E-state index contributed by atoms with van der Waals surface area (Å²) < 4.78 is 0. The number of aliphatic hydroxyl groups excluding tert-OH is 2. The van der Waals surface area contributed by atoms with Crippen molar-refractivity contribution in [3.8, 4) is 11.8 Å². The zero-order valence-electron chi connectivity index (χ0n) is 21.5. The highest BCUT2D eigenvalue weighted by molar-refractivity contribution is 5.34. The Kier molecular flexibility index (Phi) is 10.3. The monoisotopic (exact) mass is 440 g/mol. The molecule has 0 aromatic carbocycles. The van der Waals surface area contributed by atoms with Crippen LogP contribution in [0.25, 0.3) is 0 Å². The standard InChI is InChI=1S/C27H40O2.C3H8/c1-5-25-23(14-13-22-10-6-12-24(29)19-22)11-8-15-26(25,4)21(3)27(17-18-27)16-7-9-20(2)28;1-3-2/h13-14,20,24-25,28-29H,3,5-6,8,10-12,15-19H2,1-2,4H3;3H2,1-2H3/b22-13-,23-14+;/t20?,24-,25?,26+;/m0./s1. The van der Waals surface area contributed by atoms with Gasteiger partial charge in [-0.05, 0) is 82.5 Å². The number of hydrogen-bond acceptors (Lipinski definition) is 2. The van der Waals surface area contributed by atoms with E-state index in [4.69, 9.17) is 0 Å². The summed E-state index contributed by atoms with van der Waals surface area (Å²) in [6, 6.07) is 0. The lowest BCUT2D eigenvalue weighted by Crippen LogP contribution is -2.36. The Morgan fingerprint density at radius 3 is 2.41 bits per heavy atom. The summed E-state index contributed by atoms with van der Waals surface area (Å²) in [6.07, 6.45) is 17.3. The molecule has 0 saturated heterocycles. The average Bonchev–Trinajstić information content (AvgIpc) is 3.53. The number of aliphatic hydroxyl groups is 2. The van der Waals surface area contributed by atoms with E-state index in [1.54, 1.807) is 12.5 Å². The largest absolute Gasteiger partial charge is 0.393 e. The Labute approximate surface area is 198 Å². The van der Waals surface area contributed by atoms with Gasteiger partial charge in [0.05, 0.1) is 6.10 Å². The fourth-order valence-electron chi connectivity index (χ4n) is 5.85. The molecule has 2 heteroatoms. The Balaban J connectivity index is 0.00000114. The summed E-state index contributed by atoms with van der Waals surface area (Å²) in [5.41, 5.74) is 4.68. The molecule has 0 amide bonds. The van der Waals surface area contributed by atoms with E-state index in [1.807, 2.05) is 0 Å². The Morgan fingerprint density at radius 2 is 1.84 bits per heavy atom. The van der Waals surface area contributed by atoms with Crippen LogP contribution >= 0.6 is 0 Å². The fraction of sp³-hybridized carbons (Fsp3) is 0.733. The van der Waals surface area contributed by atoms with Gasteiger partial charge in [0.2, 0.25) is 0 Å². The summed E-state index contributed by atoms with van der Waals surface area (Å²) in [7, 11) is 0. The van der Waals surface area contributed by atoms with E-state index in [9.17, 15) is 10.2 Å². The molecule has 0 bridgehead atoms. The van der Waals surface area contributed by atoms with Gasteiger partial charge in [-0.3, -0.25) is 0 Å². The van der Waals surface area contributed by atoms with Crippen LogP contribution in [0.15, 0.2) is 35.5 Å². The zero-order valence-corrected chi connectivity index (χ0v) is 21.5. The van der Waals surface area contributed by atoms with Crippen LogP contribution in [0, 0.1) is 28.6 Å². The van der Waals surface area contributed by atoms with Crippen molar-refractivity contribution in [2.75, 3.05) is 0 Å². The molecular formula is C30H48O2. The van der Waals surface area contributed by atoms with E-state index >= 15 is 0 Å². The van der Waals surface area contributed by atoms with Crippen molar-refractivity contribution in [3.63, 3.8) is 0 Å². The van der Waals surface area contributed by atoms with Crippen molar-refractivity contribution in [1.82, 2.24) is 0 Å². The SMILES string of the molecule is C=C(C1(CC#CC(C)O)CC1)[C@@]1(C)CCC/C(=C\C=C2\CCC[C@H](O)C2)C1CC.CCC. The van der Waals surface area contributed by atoms with Crippen molar-refractivity contribution < 1.29 is 10.2 Å². The average molecular weight is 441 g/mol. The molecule has 3 rings (SSSR count). The third-order valence-corrected chi connectivity index (χ3v) is 7.77. The van der Waals surface area contributed by atoms with E-state index in [1.165, 1.54) is 49.7 Å². The number of hydrogen-bond donors (Lipinski definition) is 2. The van der Waals surface area contributed by atoms with Crippen LogP contribution in [0.3, 0.4) is 0 Å². The zero-order chi connectivity index (χ0) is 23.8. The van der Waals surface area contributed by atoms with E-state index in [0.717, 1.165) is 38.5 Å². The Morgan fingerprint density at radius 1 is 1.16 bits per heavy atom. The molecule has 2 N–H and O–H groups in total. The number of rotatable bonds is 5. The van der Waals surface area contributed by atoms with Gasteiger partial charge >= 0.3 is 0 Å². The van der Waals surface area contributed by atoms with Gasteiger partial charge < -0.3 is 10.2 Å². The highest BCUT2D eigenvalue weighted by Gasteiger charge is 2.53. The quantitative estimate of drug-likeness (QED) is 0.343. The van der Waals surface area contributed by atoms with Crippen molar-refractivity contribution in [2.45, 2.75) is 124 Å². The molecule has 0 radical (unpaired) electrons. The third-order valence-electron chi connectivity index (χ3n) is 7.77. The summed E-state index contributed by atoms with van der Waals surface area (Å²) in [5, 5.41) is 19.5. The first-order valence-electron chi connectivity index (χ1n) is 13.1. The summed E-state index contributed by atoms with van der Waals surface area (Å²) in [5.74, 6) is 6.70. The molecule has 4 atom stereocenters. The molecule has 0 heterocycles. The molecule has 180 valence electrons. The minimum absolute atomic E-state index is 0.131. The third kappa shape index (κ3) is 6.85. The van der Waals surface area contributed by atoms with Crippen LogP contribution in [-0.4, -0.2) is 22.4 Å². The molecule has 0 aromatic rings. The highest BCUT2D eigenvalue weighted by Crippen LogP contribution is 2.63. The minimum Gasteiger partial charge on any atom is -0.393 e. The van der Waals surface area contributed by atoms with Crippen molar-refractivity contribution in [1.29, 1.82) is 0 Å². The molecule has 0 spiro atoms. The fourth-order valence-corrected chi connectivity index (χ4v) is 5.85. The maximum atomic E-state index is 9.97. The molecule has 0 aliphatic heterocycles. The molecule has 2 unspecified atom stereocenters. The van der Waals surface area contributed by atoms with Crippen LogP contribution in [-0.2, 0) is 0 Å². The van der Waals surface area contributed by atoms with Gasteiger partial charge in [0, 0.05) is 11.8 Å². The van der Waals surface area contributed by atoms with Gasteiger partial charge in [0.1, 0.15) is 6.10 Å². The topological polar surface area (TPSA) is 40.5 Å². The first-order valence-corrected chi connectivity index (χ1v) is 13.1. The molecule has 3 fully saturated rings. The Hall–Kier alpha value is -1.30. The second kappa shape index (κ2) is 12.2. The van der Waals surface area contributed by atoms with Gasteiger partial charge in [-0.25, -0.2) is 0 Å². The van der Waals surface area contributed by atoms with Crippen LogP contribution < -0.4 is 0 Å². The van der Waals surface area contributed by atoms with Crippen molar-refractivity contribution in [2.24, 2.45) is 16.7 Å². The summed E-state index contributed by atoms with van der Waals surface area (Å²) in [4.78, 5) is 0. The number of allylic oxidation sites excluding steroid dienone is 4. The summed E-state index contributed by atoms with van der Waals surface area (Å²) in [6.45, 7) is 15.4. The molecule has 2 nitrogen and oxygen atoms in total. The molecule has 0 aromatic heterocycles. The normalized spacial score (nSPS) is 32.3. The molecule has 32 heavy (non-hydrogen) atoms. The highest BCUT2D eigenvalue weighted by atomic mass is 16.3. The van der Waals surface area contributed by atoms with Crippen LogP contribution in [0.1, 0.15) is 112 Å². The van der Waals surface area contributed by atoms with Crippen molar-refractivity contribution >= 4 is 0 Å². The second-order valence-electron chi connectivity index (χ2n) is 10.7. The smallest absolute Gasteiger partial charge is 0.111 e. The Bertz CT molecular complexity index is 741. The molecular weight excluding hydrogens is 392 g/mol. The van der Waals surface area contributed by atoms with Gasteiger partial charge in [0.15, 0.2) is 0 Å². The van der Waals surface area contributed by atoms with Crippen LogP contribution in [0.2, 0.25) is 0 Å². The van der Waals surface area contributed by atoms with Gasteiger partial charge in [-0.15, -0.1) is 0 Å². The maximum absolute atomic E-state index is 9.97. The maximum Gasteiger partial charge on any atom is 0.111 e. The lowest BCUT2D eigenvalue weighted by atomic mass is 9.57.